The Bertz CT molecular complexity index is 547. The van der Waals surface area contributed by atoms with E-state index in [0.717, 1.165) is 71.0 Å². The van der Waals surface area contributed by atoms with E-state index in [1.54, 1.807) is 6.26 Å². The number of hydrogen-bond donors (Lipinski definition) is 1. The number of fused-ring (bicyclic) bond motifs is 1. The lowest BCUT2D eigenvalue weighted by molar-refractivity contribution is 0.214. The summed E-state index contributed by atoms with van der Waals surface area (Å²) in [6, 6.07) is 6.34. The van der Waals surface area contributed by atoms with Gasteiger partial charge in [0.1, 0.15) is 5.75 Å². The van der Waals surface area contributed by atoms with Crippen LogP contribution in [0.25, 0.3) is 0 Å². The lowest BCUT2D eigenvalue weighted by Crippen LogP contribution is -2.43. The van der Waals surface area contributed by atoms with Gasteiger partial charge in [-0.05, 0) is 36.1 Å². The van der Waals surface area contributed by atoms with Crippen LogP contribution in [0.15, 0.2) is 18.2 Å². The average molecular weight is 337 g/mol. The molecule has 2 heterocycles. The molecule has 1 aromatic rings. The Morgan fingerprint density at radius 2 is 2.04 bits per heavy atom. The lowest BCUT2D eigenvalue weighted by Gasteiger charge is -2.27. The number of hydrogen-bond acceptors (Lipinski definition) is 4. The van der Waals surface area contributed by atoms with Crippen molar-refractivity contribution < 1.29 is 8.95 Å². The quantitative estimate of drug-likeness (QED) is 0.787. The van der Waals surface area contributed by atoms with E-state index in [9.17, 15) is 4.21 Å². The molecule has 0 amide bonds. The summed E-state index contributed by atoms with van der Waals surface area (Å²) in [6.07, 6.45) is 3.77. The largest absolute Gasteiger partial charge is 0.494 e. The van der Waals surface area contributed by atoms with Crippen LogP contribution in [0.4, 0.5) is 0 Å². The summed E-state index contributed by atoms with van der Waals surface area (Å²) < 4.78 is 19.5. The fourth-order valence-electron chi connectivity index (χ4n) is 3.23. The topological polar surface area (TPSA) is 44.8 Å². The Balaban J connectivity index is 1.45. The molecular weight excluding hydrogens is 310 g/mol. The van der Waals surface area contributed by atoms with E-state index in [2.05, 4.69) is 22.3 Å². The third-order valence-electron chi connectivity index (χ3n) is 4.62. The van der Waals surface area contributed by atoms with Crippen molar-refractivity contribution in [3.05, 3.63) is 29.3 Å². The van der Waals surface area contributed by atoms with E-state index in [-0.39, 0.29) is 0 Å². The van der Waals surface area contributed by atoms with Crippen molar-refractivity contribution in [2.45, 2.75) is 19.4 Å². The van der Waals surface area contributed by atoms with Crippen molar-refractivity contribution in [3.8, 4) is 5.75 Å². The van der Waals surface area contributed by atoms with E-state index in [0.29, 0.717) is 0 Å². The fraction of sp³-hybridized carbons (Fsp3) is 0.647. The lowest BCUT2D eigenvalue weighted by atomic mass is 10.0. The first-order valence-corrected chi connectivity index (χ1v) is 10.00. The van der Waals surface area contributed by atoms with Gasteiger partial charge in [0.25, 0.3) is 0 Å². The average Bonchev–Trinajstić information content (AvgIpc) is 2.59. The molecule has 1 fully saturated rings. The maximum Gasteiger partial charge on any atom is 0.119 e. The molecule has 0 spiro atoms. The minimum atomic E-state index is -0.880. The van der Waals surface area contributed by atoms with Crippen LogP contribution in [-0.4, -0.2) is 65.5 Å². The molecule has 0 aliphatic carbocycles. The number of nitrogens with zero attached hydrogens (tertiary/aromatic N) is 2. The molecule has 0 aromatic heterocycles. The molecule has 1 aromatic carbocycles. The van der Waals surface area contributed by atoms with Crippen molar-refractivity contribution in [1.29, 1.82) is 0 Å². The molecule has 6 heteroatoms. The molecule has 0 radical (unpaired) electrons. The first-order chi connectivity index (χ1) is 11.2. The van der Waals surface area contributed by atoms with Gasteiger partial charge in [0, 0.05) is 52.1 Å². The number of benzene rings is 1. The van der Waals surface area contributed by atoms with Crippen LogP contribution < -0.4 is 10.1 Å². The van der Waals surface area contributed by atoms with Crippen molar-refractivity contribution >= 4 is 11.0 Å². The third-order valence-corrected chi connectivity index (χ3v) is 5.65. The molecule has 2 aliphatic rings. The fourth-order valence-corrected chi connectivity index (χ4v) is 3.89. The van der Waals surface area contributed by atoms with E-state index in [1.165, 1.54) is 11.1 Å². The van der Waals surface area contributed by atoms with Crippen LogP contribution >= 0.6 is 0 Å². The van der Waals surface area contributed by atoms with Gasteiger partial charge in [-0.3, -0.25) is 0 Å². The zero-order valence-corrected chi connectivity index (χ0v) is 14.7. The normalized spacial score (nSPS) is 20.9. The predicted molar refractivity (Wildman–Crippen MR) is 94.0 cm³/mol. The minimum absolute atomic E-state index is 0.772. The minimum Gasteiger partial charge on any atom is -0.494 e. The Morgan fingerprint density at radius 3 is 2.83 bits per heavy atom. The summed E-state index contributed by atoms with van der Waals surface area (Å²) in [6.45, 7) is 8.03. The summed E-state index contributed by atoms with van der Waals surface area (Å²) in [5, 5.41) is 3.37. The van der Waals surface area contributed by atoms with Gasteiger partial charge in [0.2, 0.25) is 0 Å². The Hall–Kier alpha value is -0.950. The van der Waals surface area contributed by atoms with Crippen molar-refractivity contribution in [1.82, 2.24) is 14.5 Å². The SMILES string of the molecule is CS(=O)N1CCc2cc(OCCCN3CCNCC3)ccc2C1. The first kappa shape index (κ1) is 16.9. The van der Waals surface area contributed by atoms with Crippen LogP contribution in [0.5, 0.6) is 5.75 Å². The molecule has 3 rings (SSSR count). The molecule has 1 saturated heterocycles. The van der Waals surface area contributed by atoms with Gasteiger partial charge < -0.3 is 15.0 Å². The van der Waals surface area contributed by atoms with Crippen LogP contribution in [0.1, 0.15) is 17.5 Å². The maximum atomic E-state index is 11.6. The zero-order valence-electron chi connectivity index (χ0n) is 13.9. The van der Waals surface area contributed by atoms with E-state index < -0.39 is 11.0 Å². The second-order valence-electron chi connectivity index (χ2n) is 6.26. The van der Waals surface area contributed by atoms with Crippen LogP contribution in [0.3, 0.4) is 0 Å². The van der Waals surface area contributed by atoms with Gasteiger partial charge in [0.15, 0.2) is 0 Å². The Morgan fingerprint density at radius 1 is 1.22 bits per heavy atom. The molecule has 1 N–H and O–H groups in total. The van der Waals surface area contributed by atoms with Gasteiger partial charge in [-0.2, -0.15) is 0 Å². The first-order valence-electron chi connectivity index (χ1n) is 8.48. The summed E-state index contributed by atoms with van der Waals surface area (Å²) in [7, 11) is -0.880. The summed E-state index contributed by atoms with van der Waals surface area (Å²) in [5.41, 5.74) is 2.62. The standard InChI is InChI=1S/C17H27N3O2S/c1-23(21)20-9-5-15-13-17(4-3-16(15)14-20)22-12-2-8-19-10-6-18-7-11-19/h3-4,13,18H,2,5-12,14H2,1H3. The van der Waals surface area contributed by atoms with Crippen molar-refractivity contribution in [2.24, 2.45) is 0 Å². The Kier molecular flexibility index (Phi) is 6.05. The number of nitrogens with one attached hydrogen (secondary N) is 1. The van der Waals surface area contributed by atoms with Crippen molar-refractivity contribution in [2.75, 3.05) is 52.1 Å². The predicted octanol–water partition coefficient (Wildman–Crippen LogP) is 1.01. The molecule has 0 saturated carbocycles. The summed E-state index contributed by atoms with van der Waals surface area (Å²) >= 11 is 0. The van der Waals surface area contributed by atoms with Crippen LogP contribution in [0.2, 0.25) is 0 Å². The van der Waals surface area contributed by atoms with Gasteiger partial charge in [-0.1, -0.05) is 6.07 Å². The van der Waals surface area contributed by atoms with Crippen LogP contribution in [-0.2, 0) is 24.0 Å². The van der Waals surface area contributed by atoms with E-state index in [4.69, 9.17) is 4.74 Å². The molecule has 128 valence electrons. The molecular formula is C17H27N3O2S. The molecule has 5 nitrogen and oxygen atoms in total. The highest BCUT2D eigenvalue weighted by Gasteiger charge is 2.18. The number of ether oxygens (including phenoxy) is 1. The summed E-state index contributed by atoms with van der Waals surface area (Å²) in [4.78, 5) is 2.49. The second-order valence-corrected chi connectivity index (χ2v) is 7.63. The Labute approximate surface area is 141 Å². The highest BCUT2D eigenvalue weighted by Crippen LogP contribution is 2.24. The van der Waals surface area contributed by atoms with Gasteiger partial charge >= 0.3 is 0 Å². The maximum absolute atomic E-state index is 11.6. The van der Waals surface area contributed by atoms with Crippen molar-refractivity contribution in [3.63, 3.8) is 0 Å². The highest BCUT2D eigenvalue weighted by molar-refractivity contribution is 7.81. The second kappa shape index (κ2) is 8.24. The number of rotatable bonds is 6. The molecule has 23 heavy (non-hydrogen) atoms. The molecule has 1 atom stereocenters. The van der Waals surface area contributed by atoms with Crippen LogP contribution in [0, 0.1) is 0 Å². The van der Waals surface area contributed by atoms with E-state index >= 15 is 0 Å². The highest BCUT2D eigenvalue weighted by atomic mass is 32.2. The van der Waals surface area contributed by atoms with Gasteiger partial charge in [-0.15, -0.1) is 0 Å². The molecule has 2 aliphatic heterocycles. The van der Waals surface area contributed by atoms with Gasteiger partial charge in [-0.25, -0.2) is 8.51 Å². The molecule has 1 unspecified atom stereocenters. The zero-order chi connectivity index (χ0) is 16.1. The third kappa shape index (κ3) is 4.76. The van der Waals surface area contributed by atoms with E-state index in [1.807, 2.05) is 10.4 Å². The summed E-state index contributed by atoms with van der Waals surface area (Å²) in [5.74, 6) is 0.968. The smallest absolute Gasteiger partial charge is 0.119 e. The molecule has 0 bridgehead atoms. The monoisotopic (exact) mass is 337 g/mol. The van der Waals surface area contributed by atoms with Gasteiger partial charge in [0.05, 0.1) is 17.6 Å². The number of piperazine rings is 1.